The summed E-state index contributed by atoms with van der Waals surface area (Å²) in [5.41, 5.74) is 0. The molecule has 1 heterocycles. The lowest BCUT2D eigenvalue weighted by atomic mass is 9.74. The highest BCUT2D eigenvalue weighted by Crippen LogP contribution is 2.37. The van der Waals surface area contributed by atoms with Crippen LogP contribution in [0.15, 0.2) is 0 Å². The van der Waals surface area contributed by atoms with Crippen LogP contribution in [-0.2, 0) is 4.79 Å². The van der Waals surface area contributed by atoms with Crippen LogP contribution >= 0.6 is 0 Å². The van der Waals surface area contributed by atoms with Crippen LogP contribution in [0.4, 0.5) is 0 Å². The van der Waals surface area contributed by atoms with E-state index in [1.54, 1.807) is 0 Å². The second-order valence-corrected chi connectivity index (χ2v) is 5.36. The van der Waals surface area contributed by atoms with Crippen LogP contribution in [0.25, 0.3) is 0 Å². The number of carboxylic acid groups (broad SMARTS) is 1. The van der Waals surface area contributed by atoms with Gasteiger partial charge in [0.15, 0.2) is 0 Å². The minimum atomic E-state index is -0.675. The Bertz CT molecular complexity index is 254. The molecule has 2 fully saturated rings. The molecule has 1 saturated carbocycles. The van der Waals surface area contributed by atoms with Crippen LogP contribution in [0.2, 0.25) is 0 Å². The summed E-state index contributed by atoms with van der Waals surface area (Å²) in [6.07, 6.45) is 8.45. The van der Waals surface area contributed by atoms with Crippen LogP contribution in [0, 0.1) is 11.8 Å². The molecule has 3 nitrogen and oxygen atoms in total. The van der Waals surface area contributed by atoms with Crippen molar-refractivity contribution >= 4 is 5.97 Å². The zero-order chi connectivity index (χ0) is 11.5. The molecule has 2 N–H and O–H groups in total. The minimum Gasteiger partial charge on any atom is -0.480 e. The Morgan fingerprint density at radius 1 is 1.25 bits per heavy atom. The van der Waals surface area contributed by atoms with Gasteiger partial charge in [0, 0.05) is 6.04 Å². The van der Waals surface area contributed by atoms with Gasteiger partial charge in [-0.1, -0.05) is 32.6 Å². The molecule has 4 atom stereocenters. The van der Waals surface area contributed by atoms with Gasteiger partial charge in [0.05, 0.1) is 0 Å². The number of carbonyl (C=O) groups is 1. The number of rotatable bonds is 3. The van der Waals surface area contributed by atoms with Gasteiger partial charge in [0.25, 0.3) is 0 Å². The third-order valence-electron chi connectivity index (χ3n) is 4.49. The topological polar surface area (TPSA) is 49.3 Å². The molecule has 16 heavy (non-hydrogen) atoms. The number of nitrogens with one attached hydrogen (secondary N) is 1. The van der Waals surface area contributed by atoms with Crippen molar-refractivity contribution in [2.24, 2.45) is 11.8 Å². The largest absolute Gasteiger partial charge is 0.480 e. The molecule has 0 radical (unpaired) electrons. The summed E-state index contributed by atoms with van der Waals surface area (Å²) in [7, 11) is 0. The molecular formula is C13H23NO2. The molecule has 1 aliphatic carbocycles. The quantitative estimate of drug-likeness (QED) is 0.775. The lowest BCUT2D eigenvalue weighted by Crippen LogP contribution is -2.42. The molecule has 0 aromatic heterocycles. The van der Waals surface area contributed by atoms with Crippen LogP contribution in [-0.4, -0.2) is 23.2 Å². The van der Waals surface area contributed by atoms with Crippen molar-refractivity contribution < 1.29 is 9.90 Å². The van der Waals surface area contributed by atoms with E-state index in [0.29, 0.717) is 6.04 Å². The fourth-order valence-corrected chi connectivity index (χ4v) is 3.58. The molecule has 3 heteroatoms. The van der Waals surface area contributed by atoms with Crippen molar-refractivity contribution in [2.75, 3.05) is 0 Å². The van der Waals surface area contributed by atoms with Gasteiger partial charge in [-0.2, -0.15) is 0 Å². The maximum atomic E-state index is 10.9. The predicted octanol–water partition coefficient (Wildman–Crippen LogP) is 2.41. The summed E-state index contributed by atoms with van der Waals surface area (Å²) in [6.45, 7) is 2.27. The van der Waals surface area contributed by atoms with Gasteiger partial charge >= 0.3 is 5.97 Å². The van der Waals surface area contributed by atoms with Crippen LogP contribution in [0.5, 0.6) is 0 Å². The Hall–Kier alpha value is -0.570. The summed E-state index contributed by atoms with van der Waals surface area (Å²) >= 11 is 0. The Kier molecular flexibility index (Phi) is 3.85. The van der Waals surface area contributed by atoms with Crippen molar-refractivity contribution in [1.29, 1.82) is 0 Å². The SMILES string of the molecule is CCC1CCCCC1C1CCC(C(=O)O)N1. The first kappa shape index (κ1) is 11.9. The van der Waals surface area contributed by atoms with E-state index in [1.807, 2.05) is 0 Å². The second kappa shape index (κ2) is 5.17. The van der Waals surface area contributed by atoms with E-state index in [1.165, 1.54) is 32.1 Å². The molecule has 0 aromatic carbocycles. The molecule has 0 aromatic rings. The number of hydrogen-bond acceptors (Lipinski definition) is 2. The zero-order valence-corrected chi connectivity index (χ0v) is 10.1. The molecule has 4 unspecified atom stereocenters. The molecule has 2 aliphatic rings. The number of aliphatic carboxylic acids is 1. The molecule has 0 bridgehead atoms. The Balaban J connectivity index is 1.94. The molecule has 1 saturated heterocycles. The van der Waals surface area contributed by atoms with Gasteiger partial charge < -0.3 is 10.4 Å². The van der Waals surface area contributed by atoms with Gasteiger partial charge in [-0.25, -0.2) is 0 Å². The van der Waals surface area contributed by atoms with Gasteiger partial charge in [-0.3, -0.25) is 4.79 Å². The molecule has 2 rings (SSSR count). The summed E-state index contributed by atoms with van der Waals surface area (Å²) < 4.78 is 0. The normalized spacial score (nSPS) is 39.8. The maximum absolute atomic E-state index is 10.9. The van der Waals surface area contributed by atoms with Crippen LogP contribution < -0.4 is 5.32 Å². The van der Waals surface area contributed by atoms with E-state index in [0.717, 1.165) is 24.7 Å². The Labute approximate surface area is 97.6 Å². The smallest absolute Gasteiger partial charge is 0.320 e. The minimum absolute atomic E-state index is 0.288. The van der Waals surface area contributed by atoms with E-state index in [-0.39, 0.29) is 6.04 Å². The zero-order valence-electron chi connectivity index (χ0n) is 10.1. The second-order valence-electron chi connectivity index (χ2n) is 5.36. The van der Waals surface area contributed by atoms with Crippen molar-refractivity contribution in [3.8, 4) is 0 Å². The average molecular weight is 225 g/mol. The highest BCUT2D eigenvalue weighted by atomic mass is 16.4. The van der Waals surface area contributed by atoms with E-state index in [2.05, 4.69) is 12.2 Å². The first-order valence-corrected chi connectivity index (χ1v) is 6.71. The molecule has 0 spiro atoms. The first-order valence-electron chi connectivity index (χ1n) is 6.71. The van der Waals surface area contributed by atoms with Crippen LogP contribution in [0.3, 0.4) is 0 Å². The summed E-state index contributed by atoms with van der Waals surface area (Å²) in [5.74, 6) is 0.869. The maximum Gasteiger partial charge on any atom is 0.320 e. The number of carboxylic acids is 1. The lowest BCUT2D eigenvalue weighted by molar-refractivity contribution is -0.139. The van der Waals surface area contributed by atoms with Crippen LogP contribution in [0.1, 0.15) is 51.9 Å². The number of hydrogen-bond donors (Lipinski definition) is 2. The standard InChI is InChI=1S/C13H23NO2/c1-2-9-5-3-4-6-10(9)11-7-8-12(14-11)13(15)16/h9-12,14H,2-8H2,1H3,(H,15,16). The van der Waals surface area contributed by atoms with E-state index < -0.39 is 5.97 Å². The van der Waals surface area contributed by atoms with Crippen molar-refractivity contribution in [2.45, 2.75) is 64.0 Å². The van der Waals surface area contributed by atoms with Gasteiger partial charge in [-0.05, 0) is 31.1 Å². The van der Waals surface area contributed by atoms with Crippen molar-refractivity contribution in [1.82, 2.24) is 5.32 Å². The molecular weight excluding hydrogens is 202 g/mol. The van der Waals surface area contributed by atoms with Crippen molar-refractivity contribution in [3.63, 3.8) is 0 Å². The van der Waals surface area contributed by atoms with Gasteiger partial charge in [0.2, 0.25) is 0 Å². The Morgan fingerprint density at radius 2 is 2.00 bits per heavy atom. The monoisotopic (exact) mass is 225 g/mol. The predicted molar refractivity (Wildman–Crippen MR) is 63.3 cm³/mol. The van der Waals surface area contributed by atoms with Gasteiger partial charge in [-0.15, -0.1) is 0 Å². The third kappa shape index (κ3) is 2.40. The highest BCUT2D eigenvalue weighted by Gasteiger charge is 2.37. The average Bonchev–Trinajstić information content (AvgIpc) is 2.78. The molecule has 92 valence electrons. The van der Waals surface area contributed by atoms with E-state index in [9.17, 15) is 4.79 Å². The summed E-state index contributed by atoms with van der Waals surface area (Å²) in [4.78, 5) is 10.9. The fourth-order valence-electron chi connectivity index (χ4n) is 3.58. The van der Waals surface area contributed by atoms with Gasteiger partial charge in [0.1, 0.15) is 6.04 Å². The fraction of sp³-hybridized carbons (Fsp3) is 0.923. The molecule has 1 aliphatic heterocycles. The lowest BCUT2D eigenvalue weighted by Gasteiger charge is -2.35. The van der Waals surface area contributed by atoms with Crippen molar-refractivity contribution in [3.05, 3.63) is 0 Å². The Morgan fingerprint density at radius 3 is 2.62 bits per heavy atom. The highest BCUT2D eigenvalue weighted by molar-refractivity contribution is 5.73. The summed E-state index contributed by atoms with van der Waals surface area (Å²) in [5, 5.41) is 12.3. The summed E-state index contributed by atoms with van der Waals surface area (Å²) in [6, 6.07) is 0.177. The van der Waals surface area contributed by atoms with E-state index >= 15 is 0 Å². The third-order valence-corrected chi connectivity index (χ3v) is 4.49. The molecule has 0 amide bonds. The first-order chi connectivity index (χ1) is 7.72. The van der Waals surface area contributed by atoms with E-state index in [4.69, 9.17) is 5.11 Å².